The molecule has 2 rings (SSSR count). The van der Waals surface area contributed by atoms with E-state index in [9.17, 15) is 0 Å². The minimum atomic E-state index is 0.167. The molecule has 0 amide bonds. The molecule has 0 saturated carbocycles. The lowest BCUT2D eigenvalue weighted by Crippen LogP contribution is -2.11. The van der Waals surface area contributed by atoms with Gasteiger partial charge in [-0.3, -0.25) is 5.41 Å². The smallest absolute Gasteiger partial charge is 0.119 e. The molecule has 0 fully saturated rings. The number of rotatable bonds is 6. The van der Waals surface area contributed by atoms with Crippen LogP contribution in [0.15, 0.2) is 48.5 Å². The van der Waals surface area contributed by atoms with Gasteiger partial charge in [0.1, 0.15) is 5.75 Å². The summed E-state index contributed by atoms with van der Waals surface area (Å²) < 4.78 is 5.74. The van der Waals surface area contributed by atoms with Gasteiger partial charge in [0.2, 0.25) is 0 Å². The summed E-state index contributed by atoms with van der Waals surface area (Å²) in [5, 5.41) is 7.21. The first-order chi connectivity index (χ1) is 10.9. The van der Waals surface area contributed by atoms with Crippen LogP contribution in [0.25, 0.3) is 11.1 Å². The summed E-state index contributed by atoms with van der Waals surface area (Å²) in [6.45, 7) is 7.23. The number of hydrogen-bond acceptors (Lipinski definition) is 2. The van der Waals surface area contributed by atoms with Gasteiger partial charge in [-0.1, -0.05) is 57.2 Å². The highest BCUT2D eigenvalue weighted by atomic mass is 16.5. The zero-order chi connectivity index (χ0) is 16.9. The highest BCUT2D eigenvalue weighted by Crippen LogP contribution is 2.28. The summed E-state index contributed by atoms with van der Waals surface area (Å²) in [5.41, 5.74) is 9.18. The summed E-state index contributed by atoms with van der Waals surface area (Å²) in [5.74, 6) is 1.06. The zero-order valence-electron chi connectivity index (χ0n) is 14.2. The van der Waals surface area contributed by atoms with E-state index in [0.717, 1.165) is 17.7 Å². The fourth-order valence-electron chi connectivity index (χ4n) is 2.38. The second-order valence-electron chi connectivity index (χ2n) is 6.83. The van der Waals surface area contributed by atoms with Gasteiger partial charge in [-0.05, 0) is 40.7 Å². The number of amidine groups is 1. The molecule has 0 radical (unpaired) electrons. The Balaban J connectivity index is 2.06. The SMILES string of the molecule is CC(C)(C)c1ccc(-c2cccc(OCCCC(=N)N)c2)cc1. The van der Waals surface area contributed by atoms with E-state index in [1.165, 1.54) is 11.1 Å². The van der Waals surface area contributed by atoms with Crippen LogP contribution in [0.2, 0.25) is 0 Å². The maximum Gasteiger partial charge on any atom is 0.119 e. The topological polar surface area (TPSA) is 59.1 Å². The summed E-state index contributed by atoms with van der Waals surface area (Å²) in [6, 6.07) is 16.8. The summed E-state index contributed by atoms with van der Waals surface area (Å²) >= 11 is 0. The fourth-order valence-corrected chi connectivity index (χ4v) is 2.38. The Morgan fingerprint density at radius 3 is 2.35 bits per heavy atom. The van der Waals surface area contributed by atoms with Crippen LogP contribution in [-0.2, 0) is 5.41 Å². The zero-order valence-corrected chi connectivity index (χ0v) is 14.2. The van der Waals surface area contributed by atoms with Gasteiger partial charge in [-0.15, -0.1) is 0 Å². The van der Waals surface area contributed by atoms with Gasteiger partial charge in [0.15, 0.2) is 0 Å². The molecule has 23 heavy (non-hydrogen) atoms. The molecule has 0 aliphatic heterocycles. The Hall–Kier alpha value is -2.29. The first-order valence-corrected chi connectivity index (χ1v) is 8.03. The van der Waals surface area contributed by atoms with Crippen LogP contribution in [0.3, 0.4) is 0 Å². The minimum absolute atomic E-state index is 0.167. The van der Waals surface area contributed by atoms with E-state index in [0.29, 0.717) is 13.0 Å². The first kappa shape index (κ1) is 17.1. The van der Waals surface area contributed by atoms with E-state index < -0.39 is 0 Å². The molecule has 0 atom stereocenters. The fraction of sp³-hybridized carbons (Fsp3) is 0.350. The molecule has 0 spiro atoms. The third kappa shape index (κ3) is 5.13. The van der Waals surface area contributed by atoms with E-state index in [-0.39, 0.29) is 11.3 Å². The molecule has 2 aromatic rings. The van der Waals surface area contributed by atoms with Gasteiger partial charge in [0, 0.05) is 6.42 Å². The van der Waals surface area contributed by atoms with E-state index >= 15 is 0 Å². The summed E-state index contributed by atoms with van der Waals surface area (Å²) in [4.78, 5) is 0. The van der Waals surface area contributed by atoms with Crippen molar-refractivity contribution in [3.05, 3.63) is 54.1 Å². The molecule has 0 heterocycles. The Kier molecular flexibility index (Phi) is 5.43. The molecule has 0 aliphatic rings. The molecule has 2 aromatic carbocycles. The molecule has 0 aliphatic carbocycles. The molecule has 3 heteroatoms. The van der Waals surface area contributed by atoms with E-state index in [4.69, 9.17) is 15.9 Å². The first-order valence-electron chi connectivity index (χ1n) is 8.03. The number of nitrogens with two attached hydrogens (primary N) is 1. The van der Waals surface area contributed by atoms with Crippen molar-refractivity contribution in [2.45, 2.75) is 39.0 Å². The van der Waals surface area contributed by atoms with E-state index in [2.05, 4.69) is 57.2 Å². The van der Waals surface area contributed by atoms with E-state index in [1.807, 2.05) is 12.1 Å². The molecule has 3 nitrogen and oxygen atoms in total. The average Bonchev–Trinajstić information content (AvgIpc) is 2.51. The number of nitrogens with one attached hydrogen (secondary N) is 1. The third-order valence-corrected chi connectivity index (χ3v) is 3.78. The predicted octanol–water partition coefficient (Wildman–Crippen LogP) is 4.75. The molecule has 0 saturated heterocycles. The predicted molar refractivity (Wildman–Crippen MR) is 97.2 cm³/mol. The maximum atomic E-state index is 7.21. The second kappa shape index (κ2) is 7.32. The number of ether oxygens (including phenoxy) is 1. The Morgan fingerprint density at radius 1 is 1.04 bits per heavy atom. The number of benzene rings is 2. The van der Waals surface area contributed by atoms with Crippen molar-refractivity contribution in [2.24, 2.45) is 5.73 Å². The van der Waals surface area contributed by atoms with Crippen molar-refractivity contribution in [2.75, 3.05) is 6.61 Å². The Bertz CT molecular complexity index is 654. The van der Waals surface area contributed by atoms with Gasteiger partial charge >= 0.3 is 0 Å². The third-order valence-electron chi connectivity index (χ3n) is 3.78. The lowest BCUT2D eigenvalue weighted by atomic mass is 9.86. The van der Waals surface area contributed by atoms with Gasteiger partial charge in [0.25, 0.3) is 0 Å². The quantitative estimate of drug-likeness (QED) is 0.459. The Labute approximate surface area is 139 Å². The van der Waals surface area contributed by atoms with Crippen molar-refractivity contribution in [1.82, 2.24) is 0 Å². The summed E-state index contributed by atoms with van der Waals surface area (Å²) in [7, 11) is 0. The van der Waals surface area contributed by atoms with Gasteiger partial charge < -0.3 is 10.5 Å². The lowest BCUT2D eigenvalue weighted by molar-refractivity contribution is 0.313. The number of hydrogen-bond donors (Lipinski definition) is 2. The van der Waals surface area contributed by atoms with Crippen LogP contribution in [0.1, 0.15) is 39.2 Å². The van der Waals surface area contributed by atoms with Crippen LogP contribution >= 0.6 is 0 Å². The van der Waals surface area contributed by atoms with Crippen LogP contribution < -0.4 is 10.5 Å². The normalized spacial score (nSPS) is 11.3. The van der Waals surface area contributed by atoms with Gasteiger partial charge in [-0.25, -0.2) is 0 Å². The summed E-state index contributed by atoms with van der Waals surface area (Å²) in [6.07, 6.45) is 1.34. The minimum Gasteiger partial charge on any atom is -0.494 e. The van der Waals surface area contributed by atoms with Crippen molar-refractivity contribution in [1.29, 1.82) is 5.41 Å². The largest absolute Gasteiger partial charge is 0.494 e. The average molecular weight is 310 g/mol. The maximum absolute atomic E-state index is 7.21. The molecule has 122 valence electrons. The molecular weight excluding hydrogens is 284 g/mol. The van der Waals surface area contributed by atoms with Crippen molar-refractivity contribution < 1.29 is 4.74 Å². The molecule has 0 unspecified atom stereocenters. The van der Waals surface area contributed by atoms with Crippen LogP contribution in [0.4, 0.5) is 0 Å². The van der Waals surface area contributed by atoms with Crippen molar-refractivity contribution in [3.63, 3.8) is 0 Å². The van der Waals surface area contributed by atoms with Gasteiger partial charge in [0.05, 0.1) is 12.4 Å². The second-order valence-corrected chi connectivity index (χ2v) is 6.83. The highest BCUT2D eigenvalue weighted by molar-refractivity contribution is 5.76. The molecule has 0 bridgehead atoms. The molecule has 3 N–H and O–H groups in total. The van der Waals surface area contributed by atoms with Gasteiger partial charge in [-0.2, -0.15) is 0 Å². The van der Waals surface area contributed by atoms with E-state index in [1.54, 1.807) is 0 Å². The highest BCUT2D eigenvalue weighted by Gasteiger charge is 2.13. The Morgan fingerprint density at radius 2 is 1.74 bits per heavy atom. The lowest BCUT2D eigenvalue weighted by Gasteiger charge is -2.19. The standard InChI is InChI=1S/C20H26N2O/c1-20(2,3)17-11-9-15(10-12-17)16-6-4-7-18(14-16)23-13-5-8-19(21)22/h4,6-7,9-12,14H,5,8,13H2,1-3H3,(H3,21,22). The monoisotopic (exact) mass is 310 g/mol. The van der Waals surface area contributed by atoms with Crippen molar-refractivity contribution in [3.8, 4) is 16.9 Å². The molecular formula is C20H26N2O. The van der Waals surface area contributed by atoms with Crippen LogP contribution in [0.5, 0.6) is 5.75 Å². The molecule has 0 aromatic heterocycles. The van der Waals surface area contributed by atoms with Crippen molar-refractivity contribution >= 4 is 5.84 Å². The van der Waals surface area contributed by atoms with Crippen LogP contribution in [-0.4, -0.2) is 12.4 Å². The van der Waals surface area contributed by atoms with Crippen LogP contribution in [0, 0.1) is 5.41 Å².